The van der Waals surface area contributed by atoms with Crippen LogP contribution in [-0.2, 0) is 17.7 Å². The molecule has 6 nitrogen and oxygen atoms in total. The van der Waals surface area contributed by atoms with Gasteiger partial charge >= 0.3 is 0 Å². The van der Waals surface area contributed by atoms with Gasteiger partial charge < -0.3 is 24.4 Å². The monoisotopic (exact) mass is 335 g/mol. The Hall–Kier alpha value is -1.95. The van der Waals surface area contributed by atoms with E-state index in [2.05, 4.69) is 27.3 Å². The van der Waals surface area contributed by atoms with Gasteiger partial charge in [-0.15, -0.1) is 0 Å². The summed E-state index contributed by atoms with van der Waals surface area (Å²) in [5, 5.41) is 3.42. The highest BCUT2D eigenvalue weighted by atomic mass is 16.5. The van der Waals surface area contributed by atoms with Crippen molar-refractivity contribution in [1.29, 1.82) is 0 Å². The molecule has 0 aromatic heterocycles. The normalized spacial score (nSPS) is 14.3. The molecule has 1 aliphatic rings. The molecule has 0 unspecified atom stereocenters. The number of nitrogens with zero attached hydrogens (tertiary/aromatic N) is 2. The quantitative estimate of drug-likeness (QED) is 0.470. The van der Waals surface area contributed by atoms with Crippen LogP contribution >= 0.6 is 0 Å². The van der Waals surface area contributed by atoms with Crippen molar-refractivity contribution in [2.45, 2.75) is 26.3 Å². The summed E-state index contributed by atoms with van der Waals surface area (Å²) in [6.45, 7) is 6.18. The third kappa shape index (κ3) is 4.54. The van der Waals surface area contributed by atoms with Gasteiger partial charge in [0.05, 0.1) is 14.2 Å². The second-order valence-corrected chi connectivity index (χ2v) is 5.67. The number of hydrogen-bond acceptors (Lipinski definition) is 4. The fraction of sp³-hybridized carbons (Fsp3) is 0.611. The van der Waals surface area contributed by atoms with E-state index < -0.39 is 0 Å². The van der Waals surface area contributed by atoms with Crippen LogP contribution in [0.3, 0.4) is 0 Å². The predicted molar refractivity (Wildman–Crippen MR) is 96.1 cm³/mol. The third-order valence-electron chi connectivity index (χ3n) is 4.18. The number of guanidine groups is 1. The van der Waals surface area contributed by atoms with Crippen molar-refractivity contribution in [3.8, 4) is 11.5 Å². The van der Waals surface area contributed by atoms with Crippen molar-refractivity contribution in [2.75, 3.05) is 47.6 Å². The molecule has 1 aromatic rings. The standard InChI is InChI=1S/C18H29N3O3/c1-5-24-10-6-8-20-18(19-2)21-9-7-14-11-16(22-3)17(23-4)12-15(14)13-21/h11-12H,5-10,13H2,1-4H3,(H,19,20). The van der Waals surface area contributed by atoms with Crippen molar-refractivity contribution in [2.24, 2.45) is 4.99 Å². The Morgan fingerprint density at radius 3 is 2.54 bits per heavy atom. The van der Waals surface area contributed by atoms with Gasteiger partial charge in [-0.2, -0.15) is 0 Å². The lowest BCUT2D eigenvalue weighted by Crippen LogP contribution is -2.44. The number of fused-ring (bicyclic) bond motifs is 1. The van der Waals surface area contributed by atoms with E-state index in [0.29, 0.717) is 0 Å². The van der Waals surface area contributed by atoms with Gasteiger partial charge in [0.1, 0.15) is 0 Å². The van der Waals surface area contributed by atoms with E-state index in [9.17, 15) is 0 Å². The van der Waals surface area contributed by atoms with Crippen LogP contribution in [-0.4, -0.2) is 58.4 Å². The molecule has 134 valence electrons. The second-order valence-electron chi connectivity index (χ2n) is 5.67. The van der Waals surface area contributed by atoms with Crippen molar-refractivity contribution in [3.63, 3.8) is 0 Å². The molecule has 0 fully saturated rings. The van der Waals surface area contributed by atoms with Crippen LogP contribution in [0.4, 0.5) is 0 Å². The van der Waals surface area contributed by atoms with Gasteiger partial charge in [0, 0.05) is 39.9 Å². The lowest BCUT2D eigenvalue weighted by atomic mass is 9.99. The molecule has 0 atom stereocenters. The molecule has 0 aliphatic carbocycles. The van der Waals surface area contributed by atoms with Gasteiger partial charge in [0.2, 0.25) is 0 Å². The minimum Gasteiger partial charge on any atom is -0.493 e. The van der Waals surface area contributed by atoms with Crippen molar-refractivity contribution in [3.05, 3.63) is 23.3 Å². The molecule has 6 heteroatoms. The van der Waals surface area contributed by atoms with Crippen LogP contribution in [0.25, 0.3) is 0 Å². The van der Waals surface area contributed by atoms with Crippen LogP contribution in [0.1, 0.15) is 24.5 Å². The third-order valence-corrected chi connectivity index (χ3v) is 4.18. The largest absolute Gasteiger partial charge is 0.493 e. The van der Waals surface area contributed by atoms with Crippen LogP contribution in [0.15, 0.2) is 17.1 Å². The molecular weight excluding hydrogens is 306 g/mol. The molecule has 0 bridgehead atoms. The smallest absolute Gasteiger partial charge is 0.193 e. The number of methoxy groups -OCH3 is 2. The maximum absolute atomic E-state index is 5.42. The summed E-state index contributed by atoms with van der Waals surface area (Å²) >= 11 is 0. The average Bonchev–Trinajstić information content (AvgIpc) is 2.63. The molecule has 0 amide bonds. The van der Waals surface area contributed by atoms with E-state index in [1.165, 1.54) is 11.1 Å². The summed E-state index contributed by atoms with van der Waals surface area (Å²) in [4.78, 5) is 6.69. The summed E-state index contributed by atoms with van der Waals surface area (Å²) in [6, 6.07) is 4.16. The molecule has 0 radical (unpaired) electrons. The Bertz CT molecular complexity index is 561. The van der Waals surface area contributed by atoms with Gasteiger partial charge in [-0.1, -0.05) is 0 Å². The minimum atomic E-state index is 0.767. The number of aliphatic imine (C=N–C) groups is 1. The molecule has 1 aliphatic heterocycles. The average molecular weight is 335 g/mol. The first kappa shape index (κ1) is 18.4. The highest BCUT2D eigenvalue weighted by molar-refractivity contribution is 5.80. The van der Waals surface area contributed by atoms with Crippen molar-refractivity contribution >= 4 is 5.96 Å². The molecule has 0 saturated heterocycles. The first-order valence-corrected chi connectivity index (χ1v) is 8.50. The molecule has 0 saturated carbocycles. The van der Waals surface area contributed by atoms with Crippen LogP contribution in [0.2, 0.25) is 0 Å². The zero-order chi connectivity index (χ0) is 17.4. The zero-order valence-corrected chi connectivity index (χ0v) is 15.2. The molecule has 2 rings (SSSR count). The van der Waals surface area contributed by atoms with E-state index in [0.717, 1.165) is 63.1 Å². The van der Waals surface area contributed by atoms with E-state index in [1.54, 1.807) is 14.2 Å². The number of ether oxygens (including phenoxy) is 3. The highest BCUT2D eigenvalue weighted by Crippen LogP contribution is 2.33. The van der Waals surface area contributed by atoms with Gasteiger partial charge in [-0.05, 0) is 43.0 Å². The number of rotatable bonds is 7. The molecule has 1 heterocycles. The Morgan fingerprint density at radius 1 is 1.21 bits per heavy atom. The summed E-state index contributed by atoms with van der Waals surface area (Å²) in [5.41, 5.74) is 2.58. The van der Waals surface area contributed by atoms with Crippen LogP contribution in [0, 0.1) is 0 Å². The molecule has 1 aromatic carbocycles. The summed E-state index contributed by atoms with van der Waals surface area (Å²) in [7, 11) is 5.17. The van der Waals surface area contributed by atoms with E-state index in [1.807, 2.05) is 14.0 Å². The maximum Gasteiger partial charge on any atom is 0.193 e. The zero-order valence-electron chi connectivity index (χ0n) is 15.2. The fourth-order valence-corrected chi connectivity index (χ4v) is 2.92. The Labute approximate surface area is 144 Å². The number of benzene rings is 1. The highest BCUT2D eigenvalue weighted by Gasteiger charge is 2.21. The summed E-state index contributed by atoms with van der Waals surface area (Å²) < 4.78 is 16.2. The van der Waals surface area contributed by atoms with E-state index in [4.69, 9.17) is 14.2 Å². The molecular formula is C18H29N3O3. The van der Waals surface area contributed by atoms with Gasteiger partial charge in [-0.25, -0.2) is 0 Å². The minimum absolute atomic E-state index is 0.767. The van der Waals surface area contributed by atoms with Gasteiger partial charge in [0.15, 0.2) is 17.5 Å². The van der Waals surface area contributed by atoms with Gasteiger partial charge in [-0.3, -0.25) is 4.99 Å². The molecule has 1 N–H and O–H groups in total. The molecule has 0 spiro atoms. The van der Waals surface area contributed by atoms with Crippen molar-refractivity contribution in [1.82, 2.24) is 10.2 Å². The number of nitrogens with one attached hydrogen (secondary N) is 1. The summed E-state index contributed by atoms with van der Waals surface area (Å²) in [5.74, 6) is 2.51. The van der Waals surface area contributed by atoms with Crippen molar-refractivity contribution < 1.29 is 14.2 Å². The lowest BCUT2D eigenvalue weighted by molar-refractivity contribution is 0.145. The fourth-order valence-electron chi connectivity index (χ4n) is 2.92. The van der Waals surface area contributed by atoms with Gasteiger partial charge in [0.25, 0.3) is 0 Å². The SMILES string of the molecule is CCOCCCNC(=NC)N1CCc2cc(OC)c(OC)cc2C1. The van der Waals surface area contributed by atoms with E-state index >= 15 is 0 Å². The van der Waals surface area contributed by atoms with E-state index in [-0.39, 0.29) is 0 Å². The lowest BCUT2D eigenvalue weighted by Gasteiger charge is -2.32. The predicted octanol–water partition coefficient (Wildman–Crippen LogP) is 2.06. The van der Waals surface area contributed by atoms with Crippen LogP contribution < -0.4 is 14.8 Å². The number of hydrogen-bond donors (Lipinski definition) is 1. The second kappa shape index (κ2) is 9.37. The first-order chi connectivity index (χ1) is 11.7. The Kier molecular flexibility index (Phi) is 7.18. The van der Waals surface area contributed by atoms with Crippen LogP contribution in [0.5, 0.6) is 11.5 Å². The Balaban J connectivity index is 1.99. The Morgan fingerprint density at radius 2 is 1.92 bits per heavy atom. The summed E-state index contributed by atoms with van der Waals surface area (Å²) in [6.07, 6.45) is 1.94. The first-order valence-electron chi connectivity index (χ1n) is 8.50. The molecule has 24 heavy (non-hydrogen) atoms. The topological polar surface area (TPSA) is 55.3 Å². The maximum atomic E-state index is 5.42.